The monoisotopic (exact) mass is 324 g/mol. The number of unbranched alkanes of at least 4 members (excludes halogenated alkanes) is 2. The second kappa shape index (κ2) is 8.03. The lowest BCUT2D eigenvalue weighted by molar-refractivity contribution is 0.0883. The van der Waals surface area contributed by atoms with E-state index in [-0.39, 0.29) is 0 Å². The zero-order valence-electron chi connectivity index (χ0n) is 11.9. The van der Waals surface area contributed by atoms with Gasteiger partial charge in [-0.2, -0.15) is 0 Å². The quantitative estimate of drug-likeness (QED) is 0.583. The van der Waals surface area contributed by atoms with Crippen LogP contribution in [0.4, 0.5) is 0 Å². The molecule has 1 aliphatic heterocycles. The molecular weight excluding hydrogens is 300 g/mol. The molecule has 1 aromatic carbocycles. The summed E-state index contributed by atoms with van der Waals surface area (Å²) in [6.07, 6.45) is 3.95. The summed E-state index contributed by atoms with van der Waals surface area (Å²) in [6, 6.07) is 11.5. The van der Waals surface area contributed by atoms with Gasteiger partial charge in [0.25, 0.3) is 0 Å². The van der Waals surface area contributed by atoms with Crippen molar-refractivity contribution in [3.05, 3.63) is 35.9 Å². The first-order chi connectivity index (χ1) is 9.31. The van der Waals surface area contributed by atoms with E-state index >= 15 is 0 Å². The van der Waals surface area contributed by atoms with Gasteiger partial charge in [-0.25, -0.2) is 0 Å². The second-order valence-electron chi connectivity index (χ2n) is 5.47. The molecule has 1 unspecified atom stereocenters. The van der Waals surface area contributed by atoms with Gasteiger partial charge in [0, 0.05) is 31.0 Å². The Morgan fingerprint density at radius 1 is 1.11 bits per heavy atom. The minimum atomic E-state index is 0.573. The van der Waals surface area contributed by atoms with Crippen LogP contribution in [0.25, 0.3) is 0 Å². The normalized spacial score (nSPS) is 21.7. The van der Waals surface area contributed by atoms with Crippen molar-refractivity contribution in [2.45, 2.75) is 25.3 Å². The van der Waals surface area contributed by atoms with Gasteiger partial charge in [-0.3, -0.25) is 4.90 Å². The number of alkyl halides is 1. The Morgan fingerprint density at radius 3 is 2.63 bits per heavy atom. The fraction of sp³-hybridized carbons (Fsp3) is 0.625. The Balaban J connectivity index is 1.95. The molecule has 2 rings (SSSR count). The molecule has 0 bridgehead atoms. The first-order valence-corrected chi connectivity index (χ1v) is 8.47. The standard InChI is InChI=1S/C16H25BrN2/c1-18-12-13-19(11-7-3-6-10-17)16(14-18)15-8-4-2-5-9-15/h2,4-5,8-9,16H,3,6-7,10-14H2,1H3. The topological polar surface area (TPSA) is 6.48 Å². The lowest BCUT2D eigenvalue weighted by Gasteiger charge is -2.40. The highest BCUT2D eigenvalue weighted by Gasteiger charge is 2.25. The summed E-state index contributed by atoms with van der Waals surface area (Å²) in [4.78, 5) is 5.12. The minimum Gasteiger partial charge on any atom is -0.303 e. The molecule has 2 nitrogen and oxygen atoms in total. The molecule has 0 amide bonds. The van der Waals surface area contributed by atoms with Crippen LogP contribution in [-0.4, -0.2) is 48.4 Å². The SMILES string of the molecule is CN1CCN(CCCCCBr)C(c2ccccc2)C1. The molecule has 3 heteroatoms. The second-order valence-corrected chi connectivity index (χ2v) is 6.27. The van der Waals surface area contributed by atoms with Crippen molar-refractivity contribution in [1.29, 1.82) is 0 Å². The van der Waals surface area contributed by atoms with Gasteiger partial charge >= 0.3 is 0 Å². The van der Waals surface area contributed by atoms with Crippen LogP contribution in [0.3, 0.4) is 0 Å². The molecule has 1 aliphatic rings. The third-order valence-electron chi connectivity index (χ3n) is 3.96. The van der Waals surface area contributed by atoms with Crippen molar-refractivity contribution in [2.24, 2.45) is 0 Å². The van der Waals surface area contributed by atoms with Crippen molar-refractivity contribution in [3.63, 3.8) is 0 Å². The average molecular weight is 325 g/mol. The van der Waals surface area contributed by atoms with E-state index in [1.165, 1.54) is 44.5 Å². The Labute approximate surface area is 125 Å². The molecule has 0 spiro atoms. The first-order valence-electron chi connectivity index (χ1n) is 7.35. The van der Waals surface area contributed by atoms with Crippen molar-refractivity contribution in [2.75, 3.05) is 38.6 Å². The van der Waals surface area contributed by atoms with Crippen LogP contribution in [0.5, 0.6) is 0 Å². The van der Waals surface area contributed by atoms with Gasteiger partial charge in [-0.05, 0) is 32.0 Å². The molecule has 0 aliphatic carbocycles. The van der Waals surface area contributed by atoms with Gasteiger partial charge in [0.15, 0.2) is 0 Å². The van der Waals surface area contributed by atoms with E-state index in [9.17, 15) is 0 Å². The molecule has 1 atom stereocenters. The predicted molar refractivity (Wildman–Crippen MR) is 85.9 cm³/mol. The first kappa shape index (κ1) is 15.0. The van der Waals surface area contributed by atoms with Gasteiger partial charge < -0.3 is 4.90 Å². The highest BCUT2D eigenvalue weighted by molar-refractivity contribution is 9.09. The zero-order chi connectivity index (χ0) is 13.5. The Kier molecular flexibility index (Phi) is 6.35. The van der Waals surface area contributed by atoms with Crippen LogP contribution >= 0.6 is 15.9 Å². The van der Waals surface area contributed by atoms with Crippen molar-refractivity contribution in [1.82, 2.24) is 9.80 Å². The Bertz CT molecular complexity index is 355. The third kappa shape index (κ3) is 4.59. The number of rotatable bonds is 6. The molecule has 0 radical (unpaired) electrons. The van der Waals surface area contributed by atoms with Crippen LogP contribution in [0.1, 0.15) is 30.9 Å². The summed E-state index contributed by atoms with van der Waals surface area (Å²) in [5, 5.41) is 1.14. The molecule has 1 saturated heterocycles. The number of piperazine rings is 1. The Hall–Kier alpha value is -0.380. The molecule has 1 aromatic rings. The van der Waals surface area contributed by atoms with Gasteiger partial charge in [0.1, 0.15) is 0 Å². The van der Waals surface area contributed by atoms with Crippen LogP contribution in [-0.2, 0) is 0 Å². The summed E-state index contributed by atoms with van der Waals surface area (Å²) < 4.78 is 0. The van der Waals surface area contributed by atoms with Crippen LogP contribution in [0.15, 0.2) is 30.3 Å². The summed E-state index contributed by atoms with van der Waals surface area (Å²) in [7, 11) is 2.23. The molecule has 0 saturated carbocycles. The lowest BCUT2D eigenvalue weighted by Crippen LogP contribution is -2.47. The number of nitrogens with zero attached hydrogens (tertiary/aromatic N) is 2. The Morgan fingerprint density at radius 2 is 1.89 bits per heavy atom. The number of likely N-dealkylation sites (N-methyl/N-ethyl adjacent to an activating group) is 1. The predicted octanol–water partition coefficient (Wildman–Crippen LogP) is 3.54. The van der Waals surface area contributed by atoms with Crippen molar-refractivity contribution >= 4 is 15.9 Å². The number of hydrogen-bond acceptors (Lipinski definition) is 2. The maximum atomic E-state index is 3.51. The molecule has 1 heterocycles. The van der Waals surface area contributed by atoms with E-state index in [0.29, 0.717) is 6.04 Å². The molecule has 1 fully saturated rings. The number of hydrogen-bond donors (Lipinski definition) is 0. The maximum Gasteiger partial charge on any atom is 0.0475 e. The van der Waals surface area contributed by atoms with Crippen molar-refractivity contribution in [3.8, 4) is 0 Å². The fourth-order valence-corrected chi connectivity index (χ4v) is 3.20. The summed E-state index contributed by atoms with van der Waals surface area (Å²) >= 11 is 3.51. The van der Waals surface area contributed by atoms with Crippen LogP contribution in [0.2, 0.25) is 0 Å². The van der Waals surface area contributed by atoms with Gasteiger partial charge in [0.2, 0.25) is 0 Å². The molecule has 0 aromatic heterocycles. The van der Waals surface area contributed by atoms with E-state index in [0.717, 1.165) is 11.9 Å². The zero-order valence-corrected chi connectivity index (χ0v) is 13.5. The average Bonchev–Trinajstić information content (AvgIpc) is 2.46. The summed E-state index contributed by atoms with van der Waals surface area (Å²) in [5.74, 6) is 0. The number of halogens is 1. The molecule has 106 valence electrons. The van der Waals surface area contributed by atoms with E-state index in [4.69, 9.17) is 0 Å². The lowest BCUT2D eigenvalue weighted by atomic mass is 10.0. The number of benzene rings is 1. The van der Waals surface area contributed by atoms with Gasteiger partial charge in [-0.15, -0.1) is 0 Å². The summed E-state index contributed by atoms with van der Waals surface area (Å²) in [6.45, 7) is 4.79. The molecular formula is C16H25BrN2. The highest BCUT2D eigenvalue weighted by atomic mass is 79.9. The smallest absolute Gasteiger partial charge is 0.0475 e. The van der Waals surface area contributed by atoms with Crippen LogP contribution in [0, 0.1) is 0 Å². The van der Waals surface area contributed by atoms with Gasteiger partial charge in [-0.1, -0.05) is 52.7 Å². The maximum absolute atomic E-state index is 3.51. The van der Waals surface area contributed by atoms with E-state index in [2.05, 4.69) is 63.1 Å². The van der Waals surface area contributed by atoms with E-state index in [1.807, 2.05) is 0 Å². The molecule has 0 N–H and O–H groups in total. The summed E-state index contributed by atoms with van der Waals surface area (Å²) in [5.41, 5.74) is 1.47. The van der Waals surface area contributed by atoms with Crippen molar-refractivity contribution < 1.29 is 0 Å². The van der Waals surface area contributed by atoms with Gasteiger partial charge in [0.05, 0.1) is 0 Å². The third-order valence-corrected chi connectivity index (χ3v) is 4.52. The van der Waals surface area contributed by atoms with E-state index in [1.54, 1.807) is 0 Å². The minimum absolute atomic E-state index is 0.573. The van der Waals surface area contributed by atoms with E-state index < -0.39 is 0 Å². The van der Waals surface area contributed by atoms with Crippen LogP contribution < -0.4 is 0 Å². The highest BCUT2D eigenvalue weighted by Crippen LogP contribution is 2.25. The fourth-order valence-electron chi connectivity index (χ4n) is 2.80. The molecule has 19 heavy (non-hydrogen) atoms. The largest absolute Gasteiger partial charge is 0.303 e.